The molecule has 0 fully saturated rings. The van der Waals surface area contributed by atoms with E-state index in [4.69, 9.17) is 9.72 Å². The van der Waals surface area contributed by atoms with Crippen molar-refractivity contribution in [2.24, 2.45) is 0 Å². The maximum atomic E-state index is 6.63. The van der Waals surface area contributed by atoms with E-state index >= 15 is 0 Å². The minimum absolute atomic E-state index is 0.0980. The number of aryl methyl sites for hydroxylation is 4. The van der Waals surface area contributed by atoms with Gasteiger partial charge in [0.25, 0.3) is 0 Å². The van der Waals surface area contributed by atoms with Crippen molar-refractivity contribution in [3.8, 4) is 34.1 Å². The first kappa shape index (κ1) is 37.5. The average molecular weight is 950 g/mol. The third kappa shape index (κ3) is 6.90. The summed E-state index contributed by atoms with van der Waals surface area (Å²) in [5.41, 5.74) is 14.6. The number of nitrogens with zero attached hydrogens (tertiary/aromatic N) is 4. The molecule has 6 heteroatoms. The SMILES string of the molecule is CC(C)c1cc(-n2c3[c-]c(Oc4[c-]c(-n5cc6c7ccc(n6[c]5=[Pt])CCc5ccc(cc5)CC7)ccc4)ccc3c3ccccc32)ncc1-c1ccc(C(C)(C)C)cc1. The molecule has 0 spiro atoms. The van der Waals surface area contributed by atoms with Gasteiger partial charge < -0.3 is 0 Å². The van der Waals surface area contributed by atoms with Crippen LogP contribution in [0, 0.1) is 15.9 Å². The van der Waals surface area contributed by atoms with Gasteiger partial charge in [0.05, 0.1) is 0 Å². The first-order valence-corrected chi connectivity index (χ1v) is 21.8. The second-order valence-electron chi connectivity index (χ2n) is 17.2. The Morgan fingerprint density at radius 1 is 0.712 bits per heavy atom. The van der Waals surface area contributed by atoms with E-state index in [1.165, 1.54) is 44.6 Å². The van der Waals surface area contributed by atoms with Crippen LogP contribution in [0.4, 0.5) is 0 Å². The Labute approximate surface area is 357 Å². The van der Waals surface area contributed by atoms with Crippen LogP contribution in [0.2, 0.25) is 0 Å². The van der Waals surface area contributed by atoms with Crippen molar-refractivity contribution in [2.45, 2.75) is 71.6 Å². The van der Waals surface area contributed by atoms with E-state index in [0.717, 1.165) is 68.4 Å². The molecule has 0 unspecified atom stereocenters. The molecule has 5 nitrogen and oxygen atoms in total. The molecule has 4 bridgehead atoms. The van der Waals surface area contributed by atoms with E-state index in [1.807, 2.05) is 24.4 Å². The molecule has 4 aliphatic rings. The Morgan fingerprint density at radius 3 is 2.22 bits per heavy atom. The quantitative estimate of drug-likeness (QED) is 0.156. The van der Waals surface area contributed by atoms with Crippen LogP contribution in [-0.2, 0) is 50.5 Å². The Kier molecular flexibility index (Phi) is 9.41. The minimum atomic E-state index is 0.0980. The van der Waals surface area contributed by atoms with Gasteiger partial charge >= 0.3 is 248 Å². The van der Waals surface area contributed by atoms with E-state index in [0.29, 0.717) is 17.4 Å². The molecule has 13 rings (SSSR count). The first-order valence-electron chi connectivity index (χ1n) is 20.6. The molecular formula is C53H46N4OPt-2. The van der Waals surface area contributed by atoms with Crippen molar-refractivity contribution in [2.75, 3.05) is 0 Å². The van der Waals surface area contributed by atoms with E-state index < -0.39 is 0 Å². The number of fused-ring (bicyclic) bond motifs is 3. The smallest absolute Gasteiger partial charge is 0.0579 e. The van der Waals surface area contributed by atoms with Crippen molar-refractivity contribution in [3.63, 3.8) is 0 Å². The van der Waals surface area contributed by atoms with Crippen LogP contribution in [-0.4, -0.2) is 18.5 Å². The van der Waals surface area contributed by atoms with Gasteiger partial charge in [-0.2, -0.15) is 0 Å². The zero-order valence-corrected chi connectivity index (χ0v) is 36.4. The molecule has 9 aromatic rings. The van der Waals surface area contributed by atoms with Crippen molar-refractivity contribution >= 4 is 27.3 Å². The van der Waals surface area contributed by atoms with E-state index in [-0.39, 0.29) is 5.41 Å². The molecule has 0 saturated carbocycles. The van der Waals surface area contributed by atoms with Gasteiger partial charge in [-0.1, -0.05) is 71.0 Å². The third-order valence-corrected chi connectivity index (χ3v) is 13.0. The van der Waals surface area contributed by atoms with E-state index in [1.54, 1.807) is 0 Å². The summed E-state index contributed by atoms with van der Waals surface area (Å²) in [5.74, 6) is 2.41. The van der Waals surface area contributed by atoms with Crippen LogP contribution in [0.15, 0.2) is 134 Å². The van der Waals surface area contributed by atoms with Crippen LogP contribution in [0.3, 0.4) is 0 Å². The molecule has 2 aliphatic carbocycles. The maximum absolute atomic E-state index is 6.63. The number of pyridine rings is 2. The van der Waals surface area contributed by atoms with E-state index in [9.17, 15) is 0 Å². The number of benzene rings is 5. The molecule has 296 valence electrons. The van der Waals surface area contributed by atoms with Crippen molar-refractivity contribution in [1.82, 2.24) is 18.5 Å². The van der Waals surface area contributed by atoms with Crippen molar-refractivity contribution in [1.29, 1.82) is 0 Å². The molecular weight excluding hydrogens is 904 g/mol. The fourth-order valence-corrected chi connectivity index (χ4v) is 9.67. The van der Waals surface area contributed by atoms with Crippen LogP contribution in [0.25, 0.3) is 50.0 Å². The van der Waals surface area contributed by atoms with Gasteiger partial charge in [0.1, 0.15) is 0 Å². The summed E-state index contributed by atoms with van der Waals surface area (Å²) in [6.45, 7) is 11.3. The van der Waals surface area contributed by atoms with Gasteiger partial charge in [0.2, 0.25) is 0 Å². The van der Waals surface area contributed by atoms with Gasteiger partial charge in [-0.3, -0.25) is 0 Å². The number of para-hydroxylation sites is 1. The Morgan fingerprint density at radius 2 is 1.46 bits per heavy atom. The molecule has 0 amide bonds. The first-order chi connectivity index (χ1) is 28.6. The van der Waals surface area contributed by atoms with Gasteiger partial charge in [-0.25, -0.2) is 0 Å². The van der Waals surface area contributed by atoms with Crippen molar-refractivity contribution in [3.05, 3.63) is 183 Å². The standard InChI is InChI=1S/C53H46N4O.Pt/c1-35(2)47-31-52(54-32-48(47)38-20-23-40(24-21-38)53(3,4)5)57-49-12-7-6-11-45(49)46-28-27-44(30-50(46)57)58-43-10-8-9-42(29-43)55-33-51-39-19-17-36-13-15-37(16-14-36)18-25-41(26-22-39)56(51)34-55;/h6-16,20-24,26-28,31-33,35H,17-19,25H2,1-5H3;/q-2;. The molecule has 59 heavy (non-hydrogen) atoms. The summed E-state index contributed by atoms with van der Waals surface area (Å²) < 4.78 is 14.6. The summed E-state index contributed by atoms with van der Waals surface area (Å²) in [6.07, 6.45) is 8.28. The van der Waals surface area contributed by atoms with Crippen LogP contribution in [0.1, 0.15) is 74.0 Å². The van der Waals surface area contributed by atoms with Gasteiger partial charge in [-0.05, 0) is 28.0 Å². The van der Waals surface area contributed by atoms with Crippen LogP contribution < -0.4 is 4.74 Å². The Balaban J connectivity index is 1.02. The summed E-state index contributed by atoms with van der Waals surface area (Å²) in [6, 6.07) is 51.1. The molecule has 2 aliphatic heterocycles. The number of hydrogen-bond donors (Lipinski definition) is 0. The monoisotopic (exact) mass is 949 g/mol. The fraction of sp³-hybridized carbons (Fsp3) is 0.208. The normalized spacial score (nSPS) is 13.2. The van der Waals surface area contributed by atoms with Gasteiger partial charge in [0.15, 0.2) is 0 Å². The number of imidazole rings is 1. The number of rotatable bonds is 6. The predicted octanol–water partition coefficient (Wildman–Crippen LogP) is 12.7. The predicted molar refractivity (Wildman–Crippen MR) is 236 cm³/mol. The molecule has 4 aromatic heterocycles. The Hall–Kier alpha value is -5.77. The zero-order valence-electron chi connectivity index (χ0n) is 34.1. The summed E-state index contributed by atoms with van der Waals surface area (Å²) >= 11 is 2.47. The molecule has 0 atom stereocenters. The zero-order chi connectivity index (χ0) is 40.4. The summed E-state index contributed by atoms with van der Waals surface area (Å²) in [5, 5.41) is 2.25. The minimum Gasteiger partial charge on any atom is -0.0579 e. The third-order valence-electron chi connectivity index (χ3n) is 11.9. The second kappa shape index (κ2) is 14.8. The van der Waals surface area contributed by atoms with Crippen LogP contribution >= 0.6 is 0 Å². The topological polar surface area (TPSA) is 36.4 Å². The van der Waals surface area contributed by atoms with E-state index in [2.05, 4.69) is 189 Å². The number of hydrogen-bond acceptors (Lipinski definition) is 2. The fourth-order valence-electron chi connectivity index (χ4n) is 8.65. The van der Waals surface area contributed by atoms with Crippen LogP contribution in [0.5, 0.6) is 11.5 Å². The van der Waals surface area contributed by atoms with Crippen molar-refractivity contribution < 1.29 is 24.1 Å². The van der Waals surface area contributed by atoms with Gasteiger partial charge in [0, 0.05) is 11.8 Å². The second-order valence-corrected chi connectivity index (χ2v) is 18.2. The molecule has 0 radical (unpaired) electrons. The summed E-state index contributed by atoms with van der Waals surface area (Å²) in [4.78, 5) is 5.14. The summed E-state index contributed by atoms with van der Waals surface area (Å²) in [7, 11) is 0. The molecule has 6 heterocycles. The molecule has 0 N–H and O–H groups in total. The Bertz CT molecular complexity index is 3100. The molecule has 0 saturated heterocycles. The average Bonchev–Trinajstić information content (AvgIpc) is 3.76. The van der Waals surface area contributed by atoms with Gasteiger partial charge in [-0.15, -0.1) is 0 Å². The number of aromatic nitrogens is 4. The molecule has 5 aromatic carbocycles. The number of ether oxygens (including phenoxy) is 1.